The molecule has 2 aromatic heterocycles. The highest BCUT2D eigenvalue weighted by molar-refractivity contribution is 7.90. The quantitative estimate of drug-likeness (QED) is 0.570. The number of nitrogens with one attached hydrogen (secondary N) is 2. The van der Waals surface area contributed by atoms with Gasteiger partial charge in [0, 0.05) is 24.4 Å². The first-order valence-corrected chi connectivity index (χ1v) is 10.4. The summed E-state index contributed by atoms with van der Waals surface area (Å²) < 4.78 is 62.2. The summed E-state index contributed by atoms with van der Waals surface area (Å²) in [5.41, 5.74) is -5.52. The number of rotatable bonds is 5. The van der Waals surface area contributed by atoms with Gasteiger partial charge in [0.2, 0.25) is 0 Å². The second-order valence-electron chi connectivity index (χ2n) is 6.28. The summed E-state index contributed by atoms with van der Waals surface area (Å²) in [5.74, 6) is -1.89. The average molecular weight is 488 g/mol. The number of amides is 2. The van der Waals surface area contributed by atoms with Crippen molar-refractivity contribution in [1.82, 2.24) is 19.5 Å². The van der Waals surface area contributed by atoms with Crippen molar-refractivity contribution < 1.29 is 31.2 Å². The van der Waals surface area contributed by atoms with Crippen molar-refractivity contribution in [3.8, 4) is 11.1 Å². The van der Waals surface area contributed by atoms with Gasteiger partial charge in [0.1, 0.15) is 5.69 Å². The lowest BCUT2D eigenvalue weighted by molar-refractivity contribution is -0.0446. The van der Waals surface area contributed by atoms with Gasteiger partial charge in [0.05, 0.1) is 11.2 Å². The number of benzene rings is 1. The molecule has 14 heteroatoms. The second-order valence-corrected chi connectivity index (χ2v) is 8.36. The Morgan fingerprint density at radius 3 is 2.34 bits per heavy atom. The molecule has 2 heterocycles. The molecule has 0 spiro atoms. The van der Waals surface area contributed by atoms with E-state index in [4.69, 9.17) is 11.6 Å². The fourth-order valence-corrected chi connectivity index (χ4v) is 3.23. The molecule has 0 aliphatic rings. The number of alkyl halides is 3. The molecule has 0 saturated heterocycles. The Kier molecular flexibility index (Phi) is 6.23. The van der Waals surface area contributed by atoms with E-state index in [0.717, 1.165) is 9.40 Å². The molecule has 0 aliphatic heterocycles. The zero-order chi connectivity index (χ0) is 23.7. The zero-order valence-electron chi connectivity index (χ0n) is 16.0. The first-order valence-electron chi connectivity index (χ1n) is 8.58. The highest BCUT2D eigenvalue weighted by atomic mass is 35.5. The van der Waals surface area contributed by atoms with Crippen LogP contribution in [0.25, 0.3) is 11.1 Å². The zero-order valence-corrected chi connectivity index (χ0v) is 17.6. The van der Waals surface area contributed by atoms with Gasteiger partial charge >= 0.3 is 15.5 Å². The number of halogens is 4. The summed E-state index contributed by atoms with van der Waals surface area (Å²) >= 11 is 5.95. The van der Waals surface area contributed by atoms with Gasteiger partial charge in [0.15, 0.2) is 5.82 Å². The molecule has 9 nitrogen and oxygen atoms in total. The molecule has 168 valence electrons. The van der Waals surface area contributed by atoms with E-state index in [1.807, 2.05) is 0 Å². The number of anilines is 1. The molecule has 3 rings (SSSR count). The predicted molar refractivity (Wildman–Crippen MR) is 108 cm³/mol. The van der Waals surface area contributed by atoms with E-state index < -0.39 is 33.0 Å². The van der Waals surface area contributed by atoms with Crippen molar-refractivity contribution >= 4 is 39.3 Å². The minimum atomic E-state index is -5.90. The molecule has 1 aromatic carbocycles. The standard InChI is InChI=1S/C18H13ClF3N5O4S/c1-27-14(17(29)26-32(30,31)18(20,21)22)12(9-24-27)10-4-6-11(7-5-10)16(28)25-15-13(19)3-2-8-23-15/h2-9H,1H3,(H,26,29)(H,23,25,28). The molecule has 0 atom stereocenters. The van der Waals surface area contributed by atoms with Crippen LogP contribution in [-0.2, 0) is 17.1 Å². The van der Waals surface area contributed by atoms with E-state index in [-0.39, 0.29) is 22.0 Å². The summed E-state index contributed by atoms with van der Waals surface area (Å²) in [7, 11) is -4.64. The van der Waals surface area contributed by atoms with Crippen molar-refractivity contribution in [3.05, 3.63) is 65.1 Å². The molecule has 32 heavy (non-hydrogen) atoms. The van der Waals surface area contributed by atoms with Crippen molar-refractivity contribution in [2.24, 2.45) is 7.05 Å². The van der Waals surface area contributed by atoms with Gasteiger partial charge < -0.3 is 5.32 Å². The molecule has 0 radical (unpaired) electrons. The first kappa shape index (κ1) is 23.2. The van der Waals surface area contributed by atoms with Crippen LogP contribution in [0.15, 0.2) is 48.8 Å². The largest absolute Gasteiger partial charge is 0.516 e. The summed E-state index contributed by atoms with van der Waals surface area (Å²) in [5, 5.41) is 6.56. The van der Waals surface area contributed by atoms with Crippen LogP contribution in [0.1, 0.15) is 20.8 Å². The summed E-state index contributed by atoms with van der Waals surface area (Å²) in [6.07, 6.45) is 2.62. The average Bonchev–Trinajstić information content (AvgIpc) is 3.10. The van der Waals surface area contributed by atoms with Gasteiger partial charge in [-0.1, -0.05) is 23.7 Å². The van der Waals surface area contributed by atoms with Gasteiger partial charge in [-0.2, -0.15) is 26.7 Å². The van der Waals surface area contributed by atoms with Crippen molar-refractivity contribution in [2.45, 2.75) is 5.51 Å². The van der Waals surface area contributed by atoms with Crippen molar-refractivity contribution in [1.29, 1.82) is 0 Å². The summed E-state index contributed by atoms with van der Waals surface area (Å²) in [6, 6.07) is 8.75. The van der Waals surface area contributed by atoms with Gasteiger partial charge in [-0.3, -0.25) is 14.3 Å². The lowest BCUT2D eigenvalue weighted by atomic mass is 10.0. The first-order chi connectivity index (χ1) is 14.9. The Balaban J connectivity index is 1.85. The fraction of sp³-hybridized carbons (Fsp3) is 0.111. The van der Waals surface area contributed by atoms with Crippen LogP contribution in [0.4, 0.5) is 19.0 Å². The maximum atomic E-state index is 12.6. The predicted octanol–water partition coefficient (Wildman–Crippen LogP) is 2.97. The SMILES string of the molecule is Cn1ncc(-c2ccc(C(=O)Nc3ncccc3Cl)cc2)c1C(=O)NS(=O)(=O)C(F)(F)F. The molecule has 3 aromatic rings. The van der Waals surface area contributed by atoms with E-state index >= 15 is 0 Å². The third-order valence-electron chi connectivity index (χ3n) is 4.13. The fourth-order valence-electron chi connectivity index (χ4n) is 2.60. The molecule has 0 aliphatic carbocycles. The molecule has 2 amide bonds. The van der Waals surface area contributed by atoms with E-state index in [1.54, 1.807) is 12.1 Å². The molecule has 0 unspecified atom stereocenters. The van der Waals surface area contributed by atoms with Crippen LogP contribution in [0.5, 0.6) is 0 Å². The number of sulfonamides is 1. The third kappa shape index (κ3) is 4.73. The third-order valence-corrected chi connectivity index (χ3v) is 5.50. The Morgan fingerprint density at radius 2 is 1.75 bits per heavy atom. The Hall–Kier alpha value is -3.45. The maximum absolute atomic E-state index is 12.6. The smallest absolute Gasteiger partial charge is 0.305 e. The molecule has 0 bridgehead atoms. The summed E-state index contributed by atoms with van der Waals surface area (Å²) in [4.78, 5) is 28.6. The molecular formula is C18H13ClF3N5O4S. The van der Waals surface area contributed by atoms with Crippen molar-refractivity contribution in [2.75, 3.05) is 5.32 Å². The summed E-state index contributed by atoms with van der Waals surface area (Å²) in [6.45, 7) is 0. The van der Waals surface area contributed by atoms with E-state index in [0.29, 0.717) is 5.56 Å². The number of aryl methyl sites for hydroxylation is 1. The van der Waals surface area contributed by atoms with E-state index in [2.05, 4.69) is 15.4 Å². The van der Waals surface area contributed by atoms with Crippen LogP contribution >= 0.6 is 11.6 Å². The molecule has 0 saturated carbocycles. The highest BCUT2D eigenvalue weighted by Gasteiger charge is 2.47. The number of nitrogens with zero attached hydrogens (tertiary/aromatic N) is 3. The number of pyridine rings is 1. The molecular weight excluding hydrogens is 475 g/mol. The van der Waals surface area contributed by atoms with Gasteiger partial charge in [-0.15, -0.1) is 0 Å². The highest BCUT2D eigenvalue weighted by Crippen LogP contribution is 2.26. The minimum Gasteiger partial charge on any atom is -0.305 e. The van der Waals surface area contributed by atoms with Crippen LogP contribution in [-0.4, -0.2) is 40.5 Å². The lowest BCUT2D eigenvalue weighted by Gasteiger charge is -2.11. The van der Waals surface area contributed by atoms with Crippen LogP contribution in [0.2, 0.25) is 5.02 Å². The second kappa shape index (κ2) is 8.59. The van der Waals surface area contributed by atoms with Gasteiger partial charge in [-0.05, 0) is 29.8 Å². The van der Waals surface area contributed by atoms with Crippen molar-refractivity contribution in [3.63, 3.8) is 0 Å². The van der Waals surface area contributed by atoms with Crippen LogP contribution in [0, 0.1) is 0 Å². The minimum absolute atomic E-state index is 0.0575. The Labute approximate surface area is 184 Å². The van der Waals surface area contributed by atoms with E-state index in [9.17, 15) is 31.2 Å². The lowest BCUT2D eigenvalue weighted by Crippen LogP contribution is -2.41. The van der Waals surface area contributed by atoms with Crippen LogP contribution < -0.4 is 10.0 Å². The monoisotopic (exact) mass is 487 g/mol. The van der Waals surface area contributed by atoms with Gasteiger partial charge in [0.25, 0.3) is 11.8 Å². The number of aromatic nitrogens is 3. The topological polar surface area (TPSA) is 123 Å². The van der Waals surface area contributed by atoms with Crippen LogP contribution in [0.3, 0.4) is 0 Å². The number of carbonyl (C=O) groups is 2. The van der Waals surface area contributed by atoms with E-state index in [1.165, 1.54) is 43.7 Å². The molecule has 0 fully saturated rings. The number of hydrogen-bond donors (Lipinski definition) is 2. The maximum Gasteiger partial charge on any atom is 0.516 e. The number of carbonyl (C=O) groups excluding carboxylic acids is 2. The normalized spacial score (nSPS) is 11.8. The Morgan fingerprint density at radius 1 is 1.09 bits per heavy atom. The van der Waals surface area contributed by atoms with Gasteiger partial charge in [-0.25, -0.2) is 9.71 Å². The molecule has 2 N–H and O–H groups in total. The number of hydrogen-bond acceptors (Lipinski definition) is 6. The Bertz CT molecular complexity index is 1290.